The molecule has 2 heterocycles. The zero-order valence-electron chi connectivity index (χ0n) is 17.6. The van der Waals surface area contributed by atoms with E-state index in [1.54, 1.807) is 7.05 Å². The maximum atomic E-state index is 6.04. The van der Waals surface area contributed by atoms with Crippen LogP contribution in [0.1, 0.15) is 50.8 Å². The predicted octanol–water partition coefficient (Wildman–Crippen LogP) is 3.85. The molecule has 1 saturated heterocycles. The van der Waals surface area contributed by atoms with Crippen molar-refractivity contribution in [3.05, 3.63) is 35.2 Å². The highest BCUT2D eigenvalue weighted by atomic mass is 35.5. The van der Waals surface area contributed by atoms with Crippen LogP contribution in [0.3, 0.4) is 0 Å². The maximum absolute atomic E-state index is 6.04. The number of hydrogen-bond acceptors (Lipinski definition) is 5. The summed E-state index contributed by atoms with van der Waals surface area (Å²) in [6, 6.07) is 8.68. The Bertz CT molecular complexity index is 840. The molecule has 30 heavy (non-hydrogen) atoms. The molecule has 0 atom stereocenters. The number of nitrogens with one attached hydrogen (secondary N) is 2. The minimum Gasteiger partial charge on any atom is -0.354 e. The highest BCUT2D eigenvalue weighted by molar-refractivity contribution is 6.30. The lowest BCUT2D eigenvalue weighted by Gasteiger charge is -2.39. The zero-order valence-corrected chi connectivity index (χ0v) is 18.4. The van der Waals surface area contributed by atoms with Crippen LogP contribution >= 0.6 is 11.6 Å². The molecule has 0 unspecified atom stereocenters. The molecule has 0 radical (unpaired) electrons. The number of aliphatic imine (C=N–C) groups is 1. The van der Waals surface area contributed by atoms with Gasteiger partial charge in [0.05, 0.1) is 6.54 Å². The van der Waals surface area contributed by atoms with Gasteiger partial charge in [-0.1, -0.05) is 48.2 Å². The highest BCUT2D eigenvalue weighted by Gasteiger charge is 2.26. The summed E-state index contributed by atoms with van der Waals surface area (Å²) < 4.78 is 5.37. The molecule has 0 spiro atoms. The molecule has 1 saturated carbocycles. The smallest absolute Gasteiger partial charge is 0.246 e. The molecule has 2 aromatic rings. The van der Waals surface area contributed by atoms with Crippen LogP contribution in [-0.4, -0.2) is 53.2 Å². The maximum Gasteiger partial charge on any atom is 0.246 e. The number of benzene rings is 1. The van der Waals surface area contributed by atoms with Crippen molar-refractivity contribution in [1.29, 1.82) is 0 Å². The molecule has 0 amide bonds. The summed E-state index contributed by atoms with van der Waals surface area (Å²) >= 11 is 6.04. The van der Waals surface area contributed by atoms with Gasteiger partial charge in [-0.3, -0.25) is 4.99 Å². The Morgan fingerprint density at radius 3 is 2.73 bits per heavy atom. The Morgan fingerprint density at radius 2 is 2.00 bits per heavy atom. The van der Waals surface area contributed by atoms with Gasteiger partial charge < -0.3 is 20.1 Å². The molecular formula is C22H31ClN6O. The minimum absolute atomic E-state index is 0.425. The van der Waals surface area contributed by atoms with Crippen molar-refractivity contribution in [1.82, 2.24) is 25.7 Å². The summed E-state index contributed by atoms with van der Waals surface area (Å²) in [6.45, 7) is 2.77. The third kappa shape index (κ3) is 5.52. The topological polar surface area (TPSA) is 78.6 Å². The fourth-order valence-corrected chi connectivity index (χ4v) is 4.66. The van der Waals surface area contributed by atoms with Crippen molar-refractivity contribution in [2.24, 2.45) is 4.99 Å². The van der Waals surface area contributed by atoms with E-state index in [-0.39, 0.29) is 0 Å². The average molecular weight is 431 g/mol. The Balaban J connectivity index is 1.24. The molecule has 2 fully saturated rings. The van der Waals surface area contributed by atoms with Gasteiger partial charge in [-0.05, 0) is 37.8 Å². The summed E-state index contributed by atoms with van der Waals surface area (Å²) in [5, 5.41) is 11.5. The third-order valence-electron chi connectivity index (χ3n) is 6.14. The van der Waals surface area contributed by atoms with E-state index in [0.717, 1.165) is 30.4 Å². The van der Waals surface area contributed by atoms with Gasteiger partial charge in [0.2, 0.25) is 11.7 Å². The van der Waals surface area contributed by atoms with E-state index in [9.17, 15) is 0 Å². The summed E-state index contributed by atoms with van der Waals surface area (Å²) in [4.78, 5) is 11.5. The van der Waals surface area contributed by atoms with Crippen LogP contribution in [0, 0.1) is 0 Å². The van der Waals surface area contributed by atoms with Crippen LogP contribution in [-0.2, 0) is 6.54 Å². The lowest BCUT2D eigenvalue weighted by Crippen LogP contribution is -2.50. The van der Waals surface area contributed by atoms with Crippen molar-refractivity contribution in [3.63, 3.8) is 0 Å². The lowest BCUT2D eigenvalue weighted by atomic mass is 9.92. The van der Waals surface area contributed by atoms with Crippen molar-refractivity contribution >= 4 is 17.6 Å². The second-order valence-corrected chi connectivity index (χ2v) is 8.63. The fraction of sp³-hybridized carbons (Fsp3) is 0.591. The molecule has 8 heteroatoms. The first kappa shape index (κ1) is 21.1. The van der Waals surface area contributed by atoms with Gasteiger partial charge in [0, 0.05) is 42.8 Å². The Hall–Kier alpha value is -2.12. The van der Waals surface area contributed by atoms with E-state index in [4.69, 9.17) is 16.1 Å². The quantitative estimate of drug-likeness (QED) is 0.554. The molecule has 2 N–H and O–H groups in total. The van der Waals surface area contributed by atoms with Crippen molar-refractivity contribution < 1.29 is 4.52 Å². The van der Waals surface area contributed by atoms with Crippen molar-refractivity contribution in [3.8, 4) is 11.4 Å². The molecule has 1 aliphatic carbocycles. The molecular weight excluding hydrogens is 400 g/mol. The first-order valence-corrected chi connectivity index (χ1v) is 11.4. The SMILES string of the molecule is CN=C(NCc1nc(-c2cccc(Cl)c2)no1)NC1CCN(C2CCCCC2)CC1. The largest absolute Gasteiger partial charge is 0.354 e. The minimum atomic E-state index is 0.425. The van der Waals surface area contributed by atoms with E-state index in [2.05, 4.69) is 30.7 Å². The lowest BCUT2D eigenvalue weighted by molar-refractivity contribution is 0.119. The Kier molecular flexibility index (Phi) is 7.23. The summed E-state index contributed by atoms with van der Waals surface area (Å²) in [5.41, 5.74) is 0.838. The van der Waals surface area contributed by atoms with E-state index < -0.39 is 0 Å². The zero-order chi connectivity index (χ0) is 20.8. The summed E-state index contributed by atoms with van der Waals surface area (Å²) in [6.07, 6.45) is 9.26. The van der Waals surface area contributed by atoms with Gasteiger partial charge in [0.25, 0.3) is 0 Å². The number of halogens is 1. The standard InChI is InChI=1S/C22H31ClN6O/c1-24-22(26-18-10-12-29(13-11-18)19-8-3-2-4-9-19)25-15-20-27-21(28-30-20)16-6-5-7-17(23)14-16/h5-7,14,18-19H,2-4,8-13,15H2,1H3,(H2,24,25,26). The molecule has 7 nitrogen and oxygen atoms in total. The molecule has 0 bridgehead atoms. The number of hydrogen-bond donors (Lipinski definition) is 2. The highest BCUT2D eigenvalue weighted by Crippen LogP contribution is 2.25. The number of guanidine groups is 1. The first-order chi connectivity index (χ1) is 14.7. The molecule has 1 aromatic heterocycles. The van der Waals surface area contributed by atoms with Gasteiger partial charge in [-0.2, -0.15) is 4.98 Å². The van der Waals surface area contributed by atoms with Crippen molar-refractivity contribution in [2.75, 3.05) is 20.1 Å². The second kappa shape index (κ2) is 10.3. The van der Waals surface area contributed by atoms with E-state index in [1.165, 1.54) is 45.2 Å². The molecule has 162 valence electrons. The third-order valence-corrected chi connectivity index (χ3v) is 6.38. The Labute approximate surface area is 183 Å². The normalized spacial score (nSPS) is 19.7. The van der Waals surface area contributed by atoms with Crippen LogP contribution in [0.5, 0.6) is 0 Å². The van der Waals surface area contributed by atoms with Crippen LogP contribution in [0.25, 0.3) is 11.4 Å². The first-order valence-electron chi connectivity index (χ1n) is 11.0. The fourth-order valence-electron chi connectivity index (χ4n) is 4.47. The monoisotopic (exact) mass is 430 g/mol. The van der Waals surface area contributed by atoms with Crippen LogP contribution in [0.15, 0.2) is 33.8 Å². The summed E-state index contributed by atoms with van der Waals surface area (Å²) in [5.74, 6) is 1.82. The van der Waals surface area contributed by atoms with Gasteiger partial charge >= 0.3 is 0 Å². The number of likely N-dealkylation sites (tertiary alicyclic amines) is 1. The van der Waals surface area contributed by atoms with E-state index in [1.807, 2.05) is 24.3 Å². The molecule has 2 aliphatic rings. The molecule has 1 aliphatic heterocycles. The van der Waals surface area contributed by atoms with Crippen LogP contribution in [0.4, 0.5) is 0 Å². The second-order valence-electron chi connectivity index (χ2n) is 8.19. The van der Waals surface area contributed by atoms with Crippen molar-refractivity contribution in [2.45, 2.75) is 63.6 Å². The van der Waals surface area contributed by atoms with Gasteiger partial charge in [0.1, 0.15) is 0 Å². The summed E-state index contributed by atoms with van der Waals surface area (Å²) in [7, 11) is 1.79. The van der Waals surface area contributed by atoms with Crippen LogP contribution in [0.2, 0.25) is 5.02 Å². The van der Waals surface area contributed by atoms with Gasteiger partial charge in [0.15, 0.2) is 5.96 Å². The van der Waals surface area contributed by atoms with E-state index >= 15 is 0 Å². The van der Waals surface area contributed by atoms with Gasteiger partial charge in [-0.25, -0.2) is 0 Å². The average Bonchev–Trinajstić information content (AvgIpc) is 3.27. The molecule has 4 rings (SSSR count). The number of nitrogens with zero attached hydrogens (tertiary/aromatic N) is 4. The Morgan fingerprint density at radius 1 is 1.20 bits per heavy atom. The molecule has 1 aromatic carbocycles. The number of aromatic nitrogens is 2. The van der Waals surface area contributed by atoms with Crippen LogP contribution < -0.4 is 10.6 Å². The van der Waals surface area contributed by atoms with Gasteiger partial charge in [-0.15, -0.1) is 0 Å². The van der Waals surface area contributed by atoms with E-state index in [0.29, 0.717) is 29.3 Å². The predicted molar refractivity (Wildman–Crippen MR) is 120 cm³/mol. The number of rotatable bonds is 5. The number of piperidine rings is 1.